The highest BCUT2D eigenvalue weighted by Crippen LogP contribution is 2.08. The molecule has 0 fully saturated rings. The molecule has 6 nitrogen and oxygen atoms in total. The van der Waals surface area contributed by atoms with Gasteiger partial charge in [0.05, 0.1) is 0 Å². The Morgan fingerprint density at radius 2 is 2.14 bits per heavy atom. The van der Waals surface area contributed by atoms with E-state index in [0.29, 0.717) is 12.3 Å². The van der Waals surface area contributed by atoms with Gasteiger partial charge in [0.15, 0.2) is 11.7 Å². The van der Waals surface area contributed by atoms with E-state index in [1.54, 1.807) is 12.1 Å². The molecule has 3 N–H and O–H groups in total. The number of halogens is 1. The molecule has 1 amide bonds. The zero-order chi connectivity index (χ0) is 15.0. The van der Waals surface area contributed by atoms with Gasteiger partial charge in [-0.1, -0.05) is 13.3 Å². The summed E-state index contributed by atoms with van der Waals surface area (Å²) in [5.74, 6) is 1.06. The van der Waals surface area contributed by atoms with E-state index < -0.39 is 5.91 Å². The van der Waals surface area contributed by atoms with Gasteiger partial charge in [0, 0.05) is 20.1 Å². The van der Waals surface area contributed by atoms with Crippen molar-refractivity contribution in [1.29, 1.82) is 0 Å². The molecule has 0 aliphatic heterocycles. The quantitative estimate of drug-likeness (QED) is 0.412. The van der Waals surface area contributed by atoms with Crippen LogP contribution in [0.2, 0.25) is 0 Å². The van der Waals surface area contributed by atoms with Crippen molar-refractivity contribution in [3.05, 3.63) is 23.7 Å². The molecule has 0 unspecified atom stereocenters. The van der Waals surface area contributed by atoms with Crippen LogP contribution in [0.3, 0.4) is 0 Å². The fourth-order valence-corrected chi connectivity index (χ4v) is 1.72. The van der Waals surface area contributed by atoms with Crippen LogP contribution in [0.15, 0.2) is 21.5 Å². The second kappa shape index (κ2) is 10.5. The van der Waals surface area contributed by atoms with Crippen LogP contribution < -0.4 is 11.1 Å². The molecule has 1 aromatic rings. The lowest BCUT2D eigenvalue weighted by Gasteiger charge is -2.21. The van der Waals surface area contributed by atoms with Gasteiger partial charge in [0.2, 0.25) is 0 Å². The number of primary amides is 1. The third-order valence-corrected chi connectivity index (χ3v) is 2.83. The first kappa shape index (κ1) is 19.8. The molecule has 0 aliphatic carbocycles. The Bertz CT molecular complexity index is 460. The number of nitrogens with one attached hydrogen (secondary N) is 1. The highest BCUT2D eigenvalue weighted by atomic mass is 127. The highest BCUT2D eigenvalue weighted by Gasteiger charge is 2.08. The second-order valence-electron chi connectivity index (χ2n) is 4.58. The molecule has 0 saturated heterocycles. The second-order valence-corrected chi connectivity index (χ2v) is 4.58. The van der Waals surface area contributed by atoms with Crippen molar-refractivity contribution < 1.29 is 9.21 Å². The lowest BCUT2D eigenvalue weighted by atomic mass is 10.3. The number of unbranched alkanes of at least 4 members (excludes halogenated alkanes) is 1. The van der Waals surface area contributed by atoms with Crippen LogP contribution in [0, 0.1) is 0 Å². The summed E-state index contributed by atoms with van der Waals surface area (Å²) in [6.45, 7) is 6.33. The van der Waals surface area contributed by atoms with Gasteiger partial charge in [-0.05, 0) is 25.5 Å². The summed E-state index contributed by atoms with van der Waals surface area (Å²) < 4.78 is 5.31. The van der Waals surface area contributed by atoms with E-state index in [4.69, 9.17) is 10.2 Å². The van der Waals surface area contributed by atoms with Gasteiger partial charge >= 0.3 is 0 Å². The zero-order valence-electron chi connectivity index (χ0n) is 12.9. The van der Waals surface area contributed by atoms with Crippen LogP contribution in [-0.4, -0.2) is 36.9 Å². The molecule has 1 heterocycles. The Kier molecular flexibility index (Phi) is 9.85. The zero-order valence-corrected chi connectivity index (χ0v) is 15.2. The summed E-state index contributed by atoms with van der Waals surface area (Å²) >= 11 is 0. The Morgan fingerprint density at radius 3 is 2.67 bits per heavy atom. The Hall–Kier alpha value is -1.25. The lowest BCUT2D eigenvalue weighted by molar-refractivity contribution is 0.0972. The Labute approximate surface area is 143 Å². The summed E-state index contributed by atoms with van der Waals surface area (Å²) in [4.78, 5) is 17.5. The minimum Gasteiger partial charge on any atom is -0.454 e. The van der Waals surface area contributed by atoms with Crippen molar-refractivity contribution in [2.75, 3.05) is 20.1 Å². The van der Waals surface area contributed by atoms with Crippen LogP contribution in [0.1, 0.15) is 43.0 Å². The summed E-state index contributed by atoms with van der Waals surface area (Å²) in [6.07, 6.45) is 2.26. The fourth-order valence-electron chi connectivity index (χ4n) is 1.72. The van der Waals surface area contributed by atoms with Gasteiger partial charge in [-0.25, -0.2) is 4.99 Å². The van der Waals surface area contributed by atoms with Gasteiger partial charge in [0.1, 0.15) is 12.3 Å². The van der Waals surface area contributed by atoms with E-state index in [1.165, 1.54) is 0 Å². The topological polar surface area (TPSA) is 83.9 Å². The number of amides is 1. The molecule has 0 spiro atoms. The molecule has 0 saturated carbocycles. The maximum Gasteiger partial charge on any atom is 0.284 e. The number of nitrogens with two attached hydrogens (primary N) is 1. The summed E-state index contributed by atoms with van der Waals surface area (Å²) in [5, 5.41) is 3.23. The normalized spacial score (nSPS) is 10.9. The van der Waals surface area contributed by atoms with Crippen molar-refractivity contribution in [2.24, 2.45) is 10.7 Å². The molecule has 21 heavy (non-hydrogen) atoms. The van der Waals surface area contributed by atoms with Gasteiger partial charge in [-0.2, -0.15) is 0 Å². The summed E-state index contributed by atoms with van der Waals surface area (Å²) in [6, 6.07) is 3.29. The number of rotatable bonds is 7. The average Bonchev–Trinajstić information content (AvgIpc) is 2.89. The van der Waals surface area contributed by atoms with Gasteiger partial charge in [-0.15, -0.1) is 24.0 Å². The van der Waals surface area contributed by atoms with Crippen LogP contribution in [0.5, 0.6) is 0 Å². The molecule has 7 heteroatoms. The molecule has 1 aromatic heterocycles. The van der Waals surface area contributed by atoms with Crippen molar-refractivity contribution in [1.82, 2.24) is 10.2 Å². The van der Waals surface area contributed by atoms with E-state index in [0.717, 1.165) is 31.9 Å². The standard InChI is InChI=1S/C14H24N4O2.HI/c1-4-6-9-18(3)14(16-5-2)17-10-11-7-8-12(20-11)13(15)19;/h7-8H,4-6,9-10H2,1-3H3,(H2,15,19)(H,16,17);1H. The van der Waals surface area contributed by atoms with Crippen LogP contribution in [0.4, 0.5) is 0 Å². The fraction of sp³-hybridized carbons (Fsp3) is 0.571. The van der Waals surface area contributed by atoms with Crippen molar-refractivity contribution in [3.63, 3.8) is 0 Å². The van der Waals surface area contributed by atoms with Crippen LogP contribution in [-0.2, 0) is 6.54 Å². The highest BCUT2D eigenvalue weighted by molar-refractivity contribution is 14.0. The molecular formula is C14H25IN4O2. The largest absolute Gasteiger partial charge is 0.454 e. The maximum atomic E-state index is 11.0. The maximum absolute atomic E-state index is 11.0. The van der Waals surface area contributed by atoms with E-state index in [2.05, 4.69) is 22.1 Å². The van der Waals surface area contributed by atoms with E-state index in [-0.39, 0.29) is 29.7 Å². The van der Waals surface area contributed by atoms with Crippen molar-refractivity contribution in [2.45, 2.75) is 33.2 Å². The number of furan rings is 1. The van der Waals surface area contributed by atoms with Crippen molar-refractivity contribution in [3.8, 4) is 0 Å². The number of nitrogens with zero attached hydrogens (tertiary/aromatic N) is 2. The number of hydrogen-bond acceptors (Lipinski definition) is 3. The van der Waals surface area contributed by atoms with E-state index >= 15 is 0 Å². The molecule has 120 valence electrons. The SMILES string of the molecule is CCCCN(C)C(=NCc1ccc(C(N)=O)o1)NCC.I. The first-order valence-electron chi connectivity index (χ1n) is 6.96. The molecule has 1 rings (SSSR count). The number of guanidine groups is 1. The number of carbonyl (C=O) groups excluding carboxylic acids is 1. The Morgan fingerprint density at radius 1 is 1.43 bits per heavy atom. The third kappa shape index (κ3) is 6.83. The summed E-state index contributed by atoms with van der Waals surface area (Å²) in [5.41, 5.74) is 5.14. The van der Waals surface area contributed by atoms with Gasteiger partial charge in [-0.3, -0.25) is 4.79 Å². The molecule has 0 aliphatic rings. The molecule has 0 bridgehead atoms. The molecule has 0 aromatic carbocycles. The van der Waals surface area contributed by atoms with Crippen molar-refractivity contribution >= 4 is 35.8 Å². The van der Waals surface area contributed by atoms with E-state index in [1.807, 2.05) is 14.0 Å². The lowest BCUT2D eigenvalue weighted by Crippen LogP contribution is -2.39. The number of carbonyl (C=O) groups is 1. The summed E-state index contributed by atoms with van der Waals surface area (Å²) in [7, 11) is 2.01. The van der Waals surface area contributed by atoms with Crippen LogP contribution in [0.25, 0.3) is 0 Å². The predicted octanol–water partition coefficient (Wildman–Crippen LogP) is 2.19. The first-order valence-corrected chi connectivity index (χ1v) is 6.96. The third-order valence-electron chi connectivity index (χ3n) is 2.83. The van der Waals surface area contributed by atoms with Crippen LogP contribution >= 0.6 is 24.0 Å². The minimum absolute atomic E-state index is 0. The van der Waals surface area contributed by atoms with Gasteiger partial charge < -0.3 is 20.4 Å². The molecule has 0 radical (unpaired) electrons. The molecule has 0 atom stereocenters. The smallest absolute Gasteiger partial charge is 0.284 e. The van der Waals surface area contributed by atoms with E-state index in [9.17, 15) is 4.79 Å². The first-order chi connectivity index (χ1) is 9.58. The average molecular weight is 408 g/mol. The Balaban J connectivity index is 0.00000400. The monoisotopic (exact) mass is 408 g/mol. The number of aliphatic imine (C=N–C) groups is 1. The minimum atomic E-state index is -0.563. The number of hydrogen-bond donors (Lipinski definition) is 2. The predicted molar refractivity (Wildman–Crippen MR) is 95.0 cm³/mol. The van der Waals surface area contributed by atoms with Gasteiger partial charge in [0.25, 0.3) is 5.91 Å². The molecular weight excluding hydrogens is 383 g/mol.